The number of aryl methyl sites for hydroxylation is 2. The maximum atomic E-state index is 2.52. The molecule has 3 nitrogen and oxygen atoms in total. The first-order chi connectivity index (χ1) is 17.7. The van der Waals surface area contributed by atoms with E-state index in [0.29, 0.717) is 0 Å². The van der Waals surface area contributed by atoms with E-state index in [0.717, 1.165) is 0 Å². The highest BCUT2D eigenvalue weighted by atomic mass is 15.0. The molecule has 3 heteroatoms. The Morgan fingerprint density at radius 3 is 2.19 bits per heavy atom. The second-order valence-electron chi connectivity index (χ2n) is 9.77. The van der Waals surface area contributed by atoms with Gasteiger partial charge in [0.05, 0.1) is 33.1 Å². The summed E-state index contributed by atoms with van der Waals surface area (Å²) in [6, 6.07) is 37.4. The Balaban J connectivity index is 1.74. The summed E-state index contributed by atoms with van der Waals surface area (Å²) in [6.45, 7) is 2.24. The lowest BCUT2D eigenvalue weighted by atomic mass is 9.99. The topological polar surface area (TPSA) is 13.2 Å². The van der Waals surface area contributed by atoms with E-state index in [4.69, 9.17) is 0 Å². The smallest absolute Gasteiger partial charge is 0.213 e. The second kappa shape index (κ2) is 6.96. The van der Waals surface area contributed by atoms with Gasteiger partial charge in [0.25, 0.3) is 0 Å². The van der Waals surface area contributed by atoms with E-state index in [1.54, 1.807) is 0 Å². The summed E-state index contributed by atoms with van der Waals surface area (Å²) >= 11 is 0. The molecule has 0 aliphatic carbocycles. The van der Waals surface area contributed by atoms with Crippen molar-refractivity contribution in [2.24, 2.45) is 7.05 Å². The van der Waals surface area contributed by atoms with Crippen molar-refractivity contribution in [1.29, 1.82) is 0 Å². The van der Waals surface area contributed by atoms with E-state index in [1.165, 1.54) is 71.6 Å². The molecule has 0 unspecified atom stereocenters. The summed E-state index contributed by atoms with van der Waals surface area (Å²) in [5.74, 6) is 0. The van der Waals surface area contributed by atoms with Gasteiger partial charge in [-0.15, -0.1) is 0 Å². The normalized spacial score (nSPS) is 12.2. The van der Waals surface area contributed by atoms with Crippen molar-refractivity contribution in [3.8, 4) is 16.9 Å². The van der Waals surface area contributed by atoms with Gasteiger partial charge in [0.1, 0.15) is 7.05 Å². The first-order valence-electron chi connectivity index (χ1n) is 12.5. The standard InChI is InChI=1S/C33H24N3/c1-21-18-19-28-30(29(21)27-17-8-9-20-34(27)2)33-32(35(28)22-11-4-3-5-12-22)25-15-10-14-24-23-13-6-7-16-26(23)36(33)31(24)25/h3-20H,1-2H3/q+1. The zero-order chi connectivity index (χ0) is 24.0. The largest absolute Gasteiger partial charge is 0.307 e. The van der Waals surface area contributed by atoms with Crippen molar-refractivity contribution in [2.75, 3.05) is 0 Å². The summed E-state index contributed by atoms with van der Waals surface area (Å²) in [6.07, 6.45) is 2.14. The number of rotatable bonds is 2. The van der Waals surface area contributed by atoms with Crippen LogP contribution in [0.5, 0.6) is 0 Å². The van der Waals surface area contributed by atoms with Crippen LogP contribution in [0.3, 0.4) is 0 Å². The minimum Gasteiger partial charge on any atom is -0.307 e. The molecular formula is C33H24N3+. The van der Waals surface area contributed by atoms with E-state index >= 15 is 0 Å². The molecule has 0 N–H and O–H groups in total. The van der Waals surface area contributed by atoms with Gasteiger partial charge in [-0.2, -0.15) is 0 Å². The molecule has 0 saturated heterocycles. The molecule has 4 heterocycles. The highest BCUT2D eigenvalue weighted by molar-refractivity contribution is 6.29. The molecule has 0 aliphatic rings. The van der Waals surface area contributed by atoms with Crippen molar-refractivity contribution < 1.29 is 4.57 Å². The maximum absolute atomic E-state index is 2.52. The third-order valence-electron chi connectivity index (χ3n) is 7.82. The highest BCUT2D eigenvalue weighted by Crippen LogP contribution is 2.46. The van der Waals surface area contributed by atoms with Crippen molar-refractivity contribution >= 4 is 49.1 Å². The quantitative estimate of drug-likeness (QED) is 0.235. The summed E-state index contributed by atoms with van der Waals surface area (Å²) in [5, 5.41) is 5.21. The first kappa shape index (κ1) is 19.7. The minimum absolute atomic E-state index is 1.18. The second-order valence-corrected chi connectivity index (χ2v) is 9.77. The fraction of sp³-hybridized carbons (Fsp3) is 0.0606. The van der Waals surface area contributed by atoms with Gasteiger partial charge in [-0.3, -0.25) is 0 Å². The van der Waals surface area contributed by atoms with Crippen LogP contribution in [0.15, 0.2) is 109 Å². The molecule has 4 aromatic heterocycles. The van der Waals surface area contributed by atoms with Crippen molar-refractivity contribution in [3.63, 3.8) is 0 Å². The van der Waals surface area contributed by atoms with Crippen LogP contribution in [0.2, 0.25) is 0 Å². The molecule has 0 bridgehead atoms. The van der Waals surface area contributed by atoms with Gasteiger partial charge >= 0.3 is 0 Å². The lowest BCUT2D eigenvalue weighted by molar-refractivity contribution is -0.660. The Morgan fingerprint density at radius 2 is 1.33 bits per heavy atom. The SMILES string of the molecule is Cc1ccc2c(c1-c1cccc[n+]1C)c1c(c3cccc4c5ccccc5n1c43)n2-c1ccccc1. The molecule has 36 heavy (non-hydrogen) atoms. The predicted molar refractivity (Wildman–Crippen MR) is 149 cm³/mol. The monoisotopic (exact) mass is 462 g/mol. The van der Waals surface area contributed by atoms with Crippen LogP contribution in [0.25, 0.3) is 66.1 Å². The molecule has 0 radical (unpaired) electrons. The lowest BCUT2D eigenvalue weighted by Gasteiger charge is -2.10. The third-order valence-corrected chi connectivity index (χ3v) is 7.82. The van der Waals surface area contributed by atoms with Crippen molar-refractivity contribution in [1.82, 2.24) is 8.97 Å². The number of benzene rings is 4. The number of nitrogens with zero attached hydrogens (tertiary/aromatic N) is 3. The Hall–Kier alpha value is -4.63. The third kappa shape index (κ3) is 2.35. The zero-order valence-electron chi connectivity index (χ0n) is 20.2. The van der Waals surface area contributed by atoms with Gasteiger partial charge in [-0.25, -0.2) is 4.57 Å². The van der Waals surface area contributed by atoms with Gasteiger partial charge in [0.2, 0.25) is 5.69 Å². The molecule has 4 aromatic carbocycles. The van der Waals surface area contributed by atoms with Crippen molar-refractivity contribution in [2.45, 2.75) is 6.92 Å². The molecule has 0 atom stereocenters. The van der Waals surface area contributed by atoms with Crippen LogP contribution in [-0.2, 0) is 7.05 Å². The first-order valence-corrected chi connectivity index (χ1v) is 12.5. The van der Waals surface area contributed by atoms with Gasteiger partial charge in [-0.1, -0.05) is 60.7 Å². The van der Waals surface area contributed by atoms with Crippen LogP contribution >= 0.6 is 0 Å². The van der Waals surface area contributed by atoms with Gasteiger partial charge in [0, 0.05) is 39.4 Å². The van der Waals surface area contributed by atoms with Crippen LogP contribution in [0.4, 0.5) is 0 Å². The molecular weight excluding hydrogens is 438 g/mol. The number of para-hydroxylation sites is 3. The molecule has 0 fully saturated rings. The van der Waals surface area contributed by atoms with Crippen LogP contribution in [-0.4, -0.2) is 8.97 Å². The van der Waals surface area contributed by atoms with Crippen LogP contribution < -0.4 is 4.57 Å². The lowest BCUT2D eigenvalue weighted by Crippen LogP contribution is -2.30. The summed E-state index contributed by atoms with van der Waals surface area (Å²) in [4.78, 5) is 0. The maximum Gasteiger partial charge on any atom is 0.213 e. The Bertz CT molecular complexity index is 2110. The molecule has 0 aliphatic heterocycles. The van der Waals surface area contributed by atoms with E-state index in [1.807, 2.05) is 0 Å². The molecule has 0 saturated carbocycles. The summed E-state index contributed by atoms with van der Waals surface area (Å²) < 4.78 is 7.22. The number of aromatic nitrogens is 3. The molecule has 0 amide bonds. The fourth-order valence-electron chi connectivity index (χ4n) is 6.33. The Kier molecular flexibility index (Phi) is 3.80. The van der Waals surface area contributed by atoms with E-state index in [-0.39, 0.29) is 0 Å². The number of hydrogen-bond acceptors (Lipinski definition) is 0. The molecule has 170 valence electrons. The van der Waals surface area contributed by atoms with Crippen LogP contribution in [0, 0.1) is 6.92 Å². The van der Waals surface area contributed by atoms with E-state index in [9.17, 15) is 0 Å². The average Bonchev–Trinajstić information content (AvgIpc) is 3.54. The Morgan fingerprint density at radius 1 is 0.583 bits per heavy atom. The van der Waals surface area contributed by atoms with E-state index < -0.39 is 0 Å². The number of fused-ring (bicyclic) bond motifs is 8. The Labute approximate surface area is 208 Å². The number of hydrogen-bond donors (Lipinski definition) is 0. The highest BCUT2D eigenvalue weighted by Gasteiger charge is 2.27. The summed E-state index contributed by atoms with van der Waals surface area (Å²) in [7, 11) is 2.14. The molecule has 0 spiro atoms. The summed E-state index contributed by atoms with van der Waals surface area (Å²) in [5.41, 5.74) is 11.3. The van der Waals surface area contributed by atoms with E-state index in [2.05, 4.69) is 137 Å². The van der Waals surface area contributed by atoms with Crippen LogP contribution in [0.1, 0.15) is 5.56 Å². The molecule has 8 aromatic rings. The fourth-order valence-corrected chi connectivity index (χ4v) is 6.33. The van der Waals surface area contributed by atoms with Gasteiger partial charge < -0.3 is 8.97 Å². The van der Waals surface area contributed by atoms with Gasteiger partial charge in [0.15, 0.2) is 6.20 Å². The molecule has 8 rings (SSSR count). The number of pyridine rings is 1. The van der Waals surface area contributed by atoms with Gasteiger partial charge in [-0.05, 0) is 42.8 Å². The predicted octanol–water partition coefficient (Wildman–Crippen LogP) is 7.58. The average molecular weight is 463 g/mol. The van der Waals surface area contributed by atoms with Crippen molar-refractivity contribution in [3.05, 3.63) is 115 Å². The zero-order valence-corrected chi connectivity index (χ0v) is 20.2. The minimum atomic E-state index is 1.18.